The van der Waals surface area contributed by atoms with Crippen LogP contribution in [0.2, 0.25) is 0 Å². The van der Waals surface area contributed by atoms with Crippen molar-refractivity contribution in [1.29, 1.82) is 0 Å². The molecule has 1 aromatic carbocycles. The van der Waals surface area contributed by atoms with E-state index in [2.05, 4.69) is 17.6 Å². The average molecular weight is 371 g/mol. The van der Waals surface area contributed by atoms with Crippen molar-refractivity contribution >= 4 is 17.5 Å². The third-order valence-corrected chi connectivity index (χ3v) is 4.59. The van der Waals surface area contributed by atoms with E-state index in [0.717, 1.165) is 31.4 Å². The van der Waals surface area contributed by atoms with Crippen molar-refractivity contribution in [3.8, 4) is 0 Å². The Balaban J connectivity index is 1.81. The van der Waals surface area contributed by atoms with Gasteiger partial charge in [0.1, 0.15) is 0 Å². The minimum atomic E-state index is -1.64. The zero-order valence-corrected chi connectivity index (χ0v) is 14.9. The highest BCUT2D eigenvalue weighted by Gasteiger charge is 2.23. The molecule has 8 heteroatoms. The van der Waals surface area contributed by atoms with Crippen molar-refractivity contribution in [3.05, 3.63) is 29.6 Å². The van der Waals surface area contributed by atoms with E-state index in [0.29, 0.717) is 5.92 Å². The van der Waals surface area contributed by atoms with E-state index in [9.17, 15) is 22.8 Å². The van der Waals surface area contributed by atoms with Crippen LogP contribution < -0.4 is 10.6 Å². The molecule has 0 radical (unpaired) electrons. The van der Waals surface area contributed by atoms with Gasteiger partial charge in [-0.3, -0.25) is 14.5 Å². The molecule has 1 fully saturated rings. The normalized spacial score (nSPS) is 20.1. The van der Waals surface area contributed by atoms with Crippen LogP contribution in [-0.2, 0) is 9.59 Å². The van der Waals surface area contributed by atoms with E-state index in [1.54, 1.807) is 7.05 Å². The van der Waals surface area contributed by atoms with Crippen LogP contribution in [0.1, 0.15) is 32.6 Å². The molecule has 0 spiro atoms. The van der Waals surface area contributed by atoms with Gasteiger partial charge in [0.05, 0.1) is 18.8 Å². The molecule has 0 bridgehead atoms. The summed E-state index contributed by atoms with van der Waals surface area (Å²) in [7, 11) is 1.57. The number of carbonyl (C=O) groups is 2. The summed E-state index contributed by atoms with van der Waals surface area (Å²) >= 11 is 0. The second kappa shape index (κ2) is 9.02. The summed E-state index contributed by atoms with van der Waals surface area (Å²) in [6.07, 6.45) is 4.30. The van der Waals surface area contributed by atoms with Crippen LogP contribution in [0, 0.1) is 23.4 Å². The molecule has 0 heterocycles. The molecule has 2 amide bonds. The number of likely N-dealkylation sites (N-methyl/N-ethyl adjacent to an activating group) is 1. The number of amides is 2. The van der Waals surface area contributed by atoms with Crippen LogP contribution in [0.25, 0.3) is 0 Å². The Labute approximate surface area is 150 Å². The average Bonchev–Trinajstić information content (AvgIpc) is 2.57. The molecule has 1 aliphatic rings. The minimum absolute atomic E-state index is 0.0108. The zero-order chi connectivity index (χ0) is 19.3. The fourth-order valence-corrected chi connectivity index (χ4v) is 3.14. The number of nitrogens with zero attached hydrogens (tertiary/aromatic N) is 1. The van der Waals surface area contributed by atoms with Gasteiger partial charge in [-0.2, -0.15) is 0 Å². The molecule has 0 saturated heterocycles. The predicted octanol–water partition coefficient (Wildman–Crippen LogP) is 2.67. The van der Waals surface area contributed by atoms with Crippen LogP contribution in [0.5, 0.6) is 0 Å². The number of nitrogens with one attached hydrogen (secondary N) is 2. The van der Waals surface area contributed by atoms with Crippen LogP contribution in [-0.4, -0.2) is 42.9 Å². The highest BCUT2D eigenvalue weighted by Crippen LogP contribution is 2.23. The van der Waals surface area contributed by atoms with Gasteiger partial charge in [0, 0.05) is 6.04 Å². The molecule has 0 aromatic heterocycles. The maximum atomic E-state index is 13.6. The van der Waals surface area contributed by atoms with Crippen LogP contribution >= 0.6 is 0 Å². The number of hydrogen-bond acceptors (Lipinski definition) is 3. The lowest BCUT2D eigenvalue weighted by Gasteiger charge is -2.30. The molecule has 5 nitrogen and oxygen atoms in total. The number of halogens is 3. The lowest BCUT2D eigenvalue weighted by atomic mass is 9.86. The lowest BCUT2D eigenvalue weighted by molar-refractivity contribution is -0.124. The minimum Gasteiger partial charge on any atom is -0.352 e. The van der Waals surface area contributed by atoms with Crippen molar-refractivity contribution in [3.63, 3.8) is 0 Å². The zero-order valence-electron chi connectivity index (χ0n) is 14.9. The first-order valence-electron chi connectivity index (χ1n) is 8.69. The summed E-state index contributed by atoms with van der Waals surface area (Å²) < 4.78 is 39.6. The summed E-state index contributed by atoms with van der Waals surface area (Å²) in [6.45, 7) is 1.93. The Hall–Kier alpha value is -2.09. The van der Waals surface area contributed by atoms with Crippen molar-refractivity contribution in [2.75, 3.05) is 25.5 Å². The summed E-state index contributed by atoms with van der Waals surface area (Å²) in [6, 6.07) is 1.83. The van der Waals surface area contributed by atoms with Gasteiger partial charge in [-0.1, -0.05) is 19.8 Å². The fraction of sp³-hybridized carbons (Fsp3) is 0.556. The molecule has 2 atom stereocenters. The summed E-state index contributed by atoms with van der Waals surface area (Å²) in [4.78, 5) is 25.5. The van der Waals surface area contributed by atoms with E-state index >= 15 is 0 Å². The van der Waals surface area contributed by atoms with Crippen LogP contribution in [0.15, 0.2) is 12.1 Å². The Bertz CT molecular complexity index is 669. The van der Waals surface area contributed by atoms with E-state index in [1.165, 1.54) is 11.3 Å². The summed E-state index contributed by atoms with van der Waals surface area (Å²) in [5, 5.41) is 5.16. The fourth-order valence-electron chi connectivity index (χ4n) is 3.14. The molecule has 1 saturated carbocycles. The van der Waals surface area contributed by atoms with Gasteiger partial charge in [0.25, 0.3) is 0 Å². The second-order valence-corrected chi connectivity index (χ2v) is 6.88. The van der Waals surface area contributed by atoms with Gasteiger partial charge >= 0.3 is 0 Å². The monoisotopic (exact) mass is 371 g/mol. The smallest absolute Gasteiger partial charge is 0.238 e. The van der Waals surface area contributed by atoms with Gasteiger partial charge in [0.2, 0.25) is 11.8 Å². The lowest BCUT2D eigenvalue weighted by Crippen LogP contribution is -2.46. The first kappa shape index (κ1) is 20.2. The highest BCUT2D eigenvalue weighted by atomic mass is 19.2. The van der Waals surface area contributed by atoms with Gasteiger partial charge in [-0.15, -0.1) is 0 Å². The van der Waals surface area contributed by atoms with Crippen LogP contribution in [0.3, 0.4) is 0 Å². The van der Waals surface area contributed by atoms with Crippen molar-refractivity contribution in [2.45, 2.75) is 38.6 Å². The Morgan fingerprint density at radius 2 is 1.73 bits per heavy atom. The molecular formula is C18H24F3N3O2. The third-order valence-electron chi connectivity index (χ3n) is 4.59. The highest BCUT2D eigenvalue weighted by molar-refractivity contribution is 5.92. The molecule has 2 rings (SSSR count). The first-order valence-corrected chi connectivity index (χ1v) is 8.69. The summed E-state index contributed by atoms with van der Waals surface area (Å²) in [5.74, 6) is -4.81. The molecule has 1 aromatic rings. The van der Waals surface area contributed by atoms with Crippen molar-refractivity contribution in [1.82, 2.24) is 10.2 Å². The van der Waals surface area contributed by atoms with Crippen molar-refractivity contribution < 1.29 is 22.8 Å². The Morgan fingerprint density at radius 3 is 2.42 bits per heavy atom. The van der Waals surface area contributed by atoms with Gasteiger partial charge in [0.15, 0.2) is 17.5 Å². The maximum absolute atomic E-state index is 13.6. The van der Waals surface area contributed by atoms with E-state index < -0.39 is 29.0 Å². The SMILES string of the molecule is C[C@H]1CCCC[C@@H]1NC(=O)CN(C)CC(=O)Nc1ccc(F)c(F)c1F. The number of anilines is 1. The van der Waals surface area contributed by atoms with Gasteiger partial charge < -0.3 is 10.6 Å². The number of rotatable bonds is 6. The Kier molecular flexibility index (Phi) is 7.02. The predicted molar refractivity (Wildman–Crippen MR) is 92.0 cm³/mol. The topological polar surface area (TPSA) is 61.4 Å². The molecule has 2 N–H and O–H groups in total. The first-order chi connectivity index (χ1) is 12.3. The number of benzene rings is 1. The molecule has 1 aliphatic carbocycles. The third kappa shape index (κ3) is 5.45. The Morgan fingerprint density at radius 1 is 1.08 bits per heavy atom. The largest absolute Gasteiger partial charge is 0.352 e. The standard InChI is InChI=1S/C18H24F3N3O2/c1-11-5-3-4-6-13(11)22-15(25)9-24(2)10-16(26)23-14-8-7-12(19)17(20)18(14)21/h7-8,11,13H,3-6,9-10H2,1-2H3,(H,22,25)(H,23,26)/t11-,13-/m0/s1. The van der Waals surface area contributed by atoms with E-state index in [-0.39, 0.29) is 25.0 Å². The molecule has 0 aliphatic heterocycles. The van der Waals surface area contributed by atoms with Crippen molar-refractivity contribution in [2.24, 2.45) is 5.92 Å². The number of hydrogen-bond donors (Lipinski definition) is 2. The maximum Gasteiger partial charge on any atom is 0.238 e. The van der Waals surface area contributed by atoms with E-state index in [1.807, 2.05) is 0 Å². The van der Waals surface area contributed by atoms with Gasteiger partial charge in [-0.05, 0) is 37.9 Å². The van der Waals surface area contributed by atoms with Crippen LogP contribution in [0.4, 0.5) is 18.9 Å². The second-order valence-electron chi connectivity index (χ2n) is 6.88. The van der Waals surface area contributed by atoms with E-state index in [4.69, 9.17) is 0 Å². The van der Waals surface area contributed by atoms with Gasteiger partial charge in [-0.25, -0.2) is 13.2 Å². The quantitative estimate of drug-likeness (QED) is 0.756. The molecular weight excluding hydrogens is 347 g/mol. The number of carbonyl (C=O) groups excluding carboxylic acids is 2. The molecule has 26 heavy (non-hydrogen) atoms. The molecule has 144 valence electrons. The summed E-state index contributed by atoms with van der Waals surface area (Å²) in [5.41, 5.74) is -0.442. The molecule has 0 unspecified atom stereocenters.